The lowest BCUT2D eigenvalue weighted by molar-refractivity contribution is -0.384. The Bertz CT molecular complexity index is 1490. The van der Waals surface area contributed by atoms with E-state index < -0.39 is 4.92 Å². The topological polar surface area (TPSA) is 105 Å². The van der Waals surface area contributed by atoms with Gasteiger partial charge >= 0.3 is 0 Å². The van der Waals surface area contributed by atoms with Crippen LogP contribution in [0.3, 0.4) is 0 Å². The van der Waals surface area contributed by atoms with Crippen LogP contribution in [0.15, 0.2) is 91.3 Å². The normalized spacial score (nSPS) is 16.8. The molecule has 2 N–H and O–H groups in total. The predicted molar refractivity (Wildman–Crippen MR) is 149 cm³/mol. The highest BCUT2D eigenvalue weighted by molar-refractivity contribution is 7.80. The maximum absolute atomic E-state index is 12.9. The summed E-state index contributed by atoms with van der Waals surface area (Å²) in [5.74, 6) is -0.115. The summed E-state index contributed by atoms with van der Waals surface area (Å²) < 4.78 is 1.92. The minimum Gasteiger partial charge on any atom is -0.352 e. The van der Waals surface area contributed by atoms with E-state index in [1.54, 1.807) is 18.3 Å². The van der Waals surface area contributed by atoms with Crippen LogP contribution in [0.2, 0.25) is 0 Å². The van der Waals surface area contributed by atoms with Gasteiger partial charge in [0.05, 0.1) is 28.4 Å². The van der Waals surface area contributed by atoms with Gasteiger partial charge < -0.3 is 20.1 Å². The highest BCUT2D eigenvalue weighted by Crippen LogP contribution is 2.39. The summed E-state index contributed by atoms with van der Waals surface area (Å²) in [4.78, 5) is 30.4. The highest BCUT2D eigenvalue weighted by Gasteiger charge is 2.41. The number of carbonyl (C=O) groups excluding carboxylic acids is 1. The van der Waals surface area contributed by atoms with Crippen molar-refractivity contribution in [2.45, 2.75) is 25.4 Å². The molecule has 0 saturated carbocycles. The van der Waals surface area contributed by atoms with Crippen LogP contribution in [0.1, 0.15) is 35.5 Å². The van der Waals surface area contributed by atoms with E-state index in [1.165, 1.54) is 6.07 Å². The third-order valence-corrected chi connectivity index (χ3v) is 6.95. The lowest BCUT2D eigenvalue weighted by Crippen LogP contribution is -2.33. The number of nitrogens with zero attached hydrogens (tertiary/aromatic N) is 4. The number of para-hydroxylation sites is 1. The van der Waals surface area contributed by atoms with E-state index in [-0.39, 0.29) is 30.1 Å². The Morgan fingerprint density at radius 3 is 2.68 bits per heavy atom. The van der Waals surface area contributed by atoms with Crippen molar-refractivity contribution in [1.82, 2.24) is 19.8 Å². The monoisotopic (exact) mass is 526 g/mol. The van der Waals surface area contributed by atoms with Crippen molar-refractivity contribution in [3.8, 4) is 5.69 Å². The summed E-state index contributed by atoms with van der Waals surface area (Å²) in [7, 11) is 0. The molecule has 192 valence electrons. The lowest BCUT2D eigenvalue weighted by atomic mass is 10.0. The molecule has 0 unspecified atom stereocenters. The molecule has 0 radical (unpaired) electrons. The van der Waals surface area contributed by atoms with Crippen LogP contribution in [-0.2, 0) is 4.79 Å². The van der Waals surface area contributed by atoms with Crippen LogP contribution in [-0.4, -0.2) is 36.9 Å². The number of nitrogens with one attached hydrogen (secondary N) is 2. The fraction of sp³-hybridized carbons (Fsp3) is 0.179. The zero-order chi connectivity index (χ0) is 26.6. The lowest BCUT2D eigenvalue weighted by Gasteiger charge is -2.28. The molecule has 9 nitrogen and oxygen atoms in total. The molecule has 38 heavy (non-hydrogen) atoms. The van der Waals surface area contributed by atoms with Crippen molar-refractivity contribution in [2.24, 2.45) is 0 Å². The van der Waals surface area contributed by atoms with Crippen molar-refractivity contribution in [3.05, 3.63) is 118 Å². The number of aromatic nitrogens is 2. The average Bonchev–Trinajstić information content (AvgIpc) is 3.53. The third-order valence-electron chi connectivity index (χ3n) is 6.60. The van der Waals surface area contributed by atoms with Gasteiger partial charge in [-0.25, -0.2) is 0 Å². The summed E-state index contributed by atoms with van der Waals surface area (Å²) in [5.41, 5.74) is 4.11. The zero-order valence-electron chi connectivity index (χ0n) is 20.7. The molecule has 1 aliphatic rings. The molecule has 2 aromatic carbocycles. The second-order valence-electron chi connectivity index (χ2n) is 9.01. The number of carbonyl (C=O) groups is 1. The molecule has 1 fully saturated rings. The molecule has 3 heterocycles. The van der Waals surface area contributed by atoms with Gasteiger partial charge in [-0.3, -0.25) is 19.9 Å². The smallest absolute Gasteiger partial charge is 0.271 e. The Balaban J connectivity index is 1.47. The van der Waals surface area contributed by atoms with Gasteiger partial charge in [0.15, 0.2) is 5.11 Å². The fourth-order valence-electron chi connectivity index (χ4n) is 4.74. The standard InChI is InChI=1S/C28H26N6O3S/c1-19-8-2-3-11-22(19)30-25(35)14-17-33-27(26(31-28(33)38)23-12-4-5-15-29-23)24-13-7-16-32(24)20-9-6-10-21(18-20)34(36)37/h2-13,15-16,18,26-27H,14,17H2,1H3,(H,30,35)(H,31,38)/t26-,27+/m1/s1. The van der Waals surface area contributed by atoms with Crippen LogP contribution in [0.4, 0.5) is 11.4 Å². The molecule has 0 aliphatic carbocycles. The fourth-order valence-corrected chi connectivity index (χ4v) is 5.07. The minimum absolute atomic E-state index is 0.00762. The zero-order valence-corrected chi connectivity index (χ0v) is 21.5. The van der Waals surface area contributed by atoms with Gasteiger partial charge in [0, 0.05) is 48.9 Å². The van der Waals surface area contributed by atoms with Crippen molar-refractivity contribution >= 4 is 34.6 Å². The number of benzene rings is 2. The summed E-state index contributed by atoms with van der Waals surface area (Å²) in [5, 5.41) is 18.3. The number of hydrogen-bond acceptors (Lipinski definition) is 5. The van der Waals surface area contributed by atoms with E-state index in [4.69, 9.17) is 12.2 Å². The van der Waals surface area contributed by atoms with Crippen LogP contribution in [0, 0.1) is 17.0 Å². The van der Waals surface area contributed by atoms with Gasteiger partial charge in [-0.2, -0.15) is 0 Å². The summed E-state index contributed by atoms with van der Waals surface area (Å²) in [6.07, 6.45) is 3.82. The molecule has 2 atom stereocenters. The van der Waals surface area contributed by atoms with E-state index in [1.807, 2.05) is 83.3 Å². The van der Waals surface area contributed by atoms with E-state index in [0.29, 0.717) is 17.3 Å². The third kappa shape index (κ3) is 5.12. The van der Waals surface area contributed by atoms with Crippen LogP contribution in [0.25, 0.3) is 5.69 Å². The Morgan fingerprint density at radius 2 is 1.92 bits per heavy atom. The number of pyridine rings is 1. The number of anilines is 1. The van der Waals surface area contributed by atoms with Gasteiger partial charge in [-0.15, -0.1) is 0 Å². The van der Waals surface area contributed by atoms with Gasteiger partial charge in [0.25, 0.3) is 5.69 Å². The number of nitro benzene ring substituents is 1. The summed E-state index contributed by atoms with van der Waals surface area (Å²) in [6, 6.07) is 23.1. The van der Waals surface area contributed by atoms with E-state index in [9.17, 15) is 14.9 Å². The number of aryl methyl sites for hydroxylation is 1. The number of thiocarbonyl (C=S) groups is 1. The maximum Gasteiger partial charge on any atom is 0.271 e. The molecular formula is C28H26N6O3S. The number of non-ortho nitro benzene ring substituents is 1. The molecule has 10 heteroatoms. The number of hydrogen-bond donors (Lipinski definition) is 2. The molecule has 1 amide bonds. The molecule has 0 bridgehead atoms. The minimum atomic E-state index is -0.408. The molecule has 2 aromatic heterocycles. The Hall–Kier alpha value is -4.57. The predicted octanol–water partition coefficient (Wildman–Crippen LogP) is 5.09. The number of rotatable bonds is 8. The number of amides is 1. The first-order valence-corrected chi connectivity index (χ1v) is 12.6. The van der Waals surface area contributed by atoms with Crippen molar-refractivity contribution in [2.75, 3.05) is 11.9 Å². The first kappa shape index (κ1) is 25.1. The van der Waals surface area contributed by atoms with Crippen LogP contribution < -0.4 is 10.6 Å². The molecular weight excluding hydrogens is 500 g/mol. The molecule has 5 rings (SSSR count). The Labute approximate surface area is 225 Å². The Morgan fingerprint density at radius 1 is 1.11 bits per heavy atom. The van der Waals surface area contributed by atoms with Crippen molar-refractivity contribution in [3.63, 3.8) is 0 Å². The number of nitro groups is 1. The second kappa shape index (κ2) is 10.8. The van der Waals surface area contributed by atoms with Gasteiger partial charge in [-0.1, -0.05) is 30.3 Å². The maximum atomic E-state index is 12.9. The van der Waals surface area contributed by atoms with Crippen LogP contribution >= 0.6 is 12.2 Å². The van der Waals surface area contributed by atoms with Gasteiger partial charge in [-0.05, 0) is 61.1 Å². The largest absolute Gasteiger partial charge is 0.352 e. The second-order valence-corrected chi connectivity index (χ2v) is 9.40. The molecule has 1 aliphatic heterocycles. The first-order valence-electron chi connectivity index (χ1n) is 12.2. The van der Waals surface area contributed by atoms with E-state index in [2.05, 4.69) is 15.6 Å². The average molecular weight is 527 g/mol. The van der Waals surface area contributed by atoms with Gasteiger partial charge in [0.1, 0.15) is 0 Å². The summed E-state index contributed by atoms with van der Waals surface area (Å²) in [6.45, 7) is 2.32. The van der Waals surface area contributed by atoms with Crippen molar-refractivity contribution < 1.29 is 9.72 Å². The van der Waals surface area contributed by atoms with Crippen LogP contribution in [0.5, 0.6) is 0 Å². The van der Waals surface area contributed by atoms with E-state index >= 15 is 0 Å². The Kier molecular flexibility index (Phi) is 7.14. The van der Waals surface area contributed by atoms with Crippen molar-refractivity contribution in [1.29, 1.82) is 0 Å². The quantitative estimate of drug-likeness (QED) is 0.187. The highest BCUT2D eigenvalue weighted by atomic mass is 32.1. The summed E-state index contributed by atoms with van der Waals surface area (Å²) >= 11 is 5.74. The van der Waals surface area contributed by atoms with Gasteiger partial charge in [0.2, 0.25) is 5.91 Å². The molecule has 0 spiro atoms. The van der Waals surface area contributed by atoms with E-state index in [0.717, 1.165) is 22.6 Å². The SMILES string of the molecule is Cc1ccccc1NC(=O)CCN1C(=S)N[C@H](c2ccccn2)[C@@H]1c1cccn1-c1cccc([N+](=O)[O-])c1. The first-order chi connectivity index (χ1) is 18.4. The molecule has 4 aromatic rings. The molecule has 1 saturated heterocycles.